The Hall–Kier alpha value is -2.65. The number of hydrogen-bond acceptors (Lipinski definition) is 6. The van der Waals surface area contributed by atoms with E-state index in [0.29, 0.717) is 11.5 Å². The molecule has 1 aliphatic heterocycles. The minimum atomic E-state index is 0.513. The van der Waals surface area contributed by atoms with E-state index >= 15 is 0 Å². The highest BCUT2D eigenvalue weighted by Gasteiger charge is 2.15. The van der Waals surface area contributed by atoms with E-state index in [1.807, 2.05) is 24.3 Å². The second-order valence-corrected chi connectivity index (χ2v) is 5.31. The van der Waals surface area contributed by atoms with Gasteiger partial charge in [0.05, 0.1) is 11.3 Å². The number of anilines is 3. The molecule has 22 heavy (non-hydrogen) atoms. The van der Waals surface area contributed by atoms with Crippen LogP contribution in [0, 0.1) is 11.3 Å². The standard InChI is InChI=1S/C16H18N6/c1-21-8-10-22(11-9-21)15-6-7-18-16(20-15)19-14-5-3-2-4-13(14)12-17/h2-7H,8-11H2,1H3,(H,18,19,20). The lowest BCUT2D eigenvalue weighted by Crippen LogP contribution is -2.44. The third-order valence-corrected chi connectivity index (χ3v) is 3.76. The molecule has 0 spiro atoms. The lowest BCUT2D eigenvalue weighted by molar-refractivity contribution is 0.312. The van der Waals surface area contributed by atoms with Crippen molar-refractivity contribution >= 4 is 17.5 Å². The summed E-state index contributed by atoms with van der Waals surface area (Å²) < 4.78 is 0. The van der Waals surface area contributed by atoms with Crippen LogP contribution in [0.25, 0.3) is 0 Å². The molecule has 0 unspecified atom stereocenters. The van der Waals surface area contributed by atoms with Gasteiger partial charge in [-0.25, -0.2) is 4.98 Å². The molecular formula is C16H18N6. The number of rotatable bonds is 3. The summed E-state index contributed by atoms with van der Waals surface area (Å²) in [6.45, 7) is 3.98. The van der Waals surface area contributed by atoms with Crippen molar-refractivity contribution in [2.75, 3.05) is 43.4 Å². The van der Waals surface area contributed by atoms with Crippen LogP contribution in [0.3, 0.4) is 0 Å². The first kappa shape index (κ1) is 14.3. The summed E-state index contributed by atoms with van der Waals surface area (Å²) in [5.74, 6) is 1.43. The number of nitrogens with one attached hydrogen (secondary N) is 1. The molecule has 1 aromatic carbocycles. The fraction of sp³-hybridized carbons (Fsp3) is 0.312. The molecule has 112 valence electrons. The molecule has 6 nitrogen and oxygen atoms in total. The molecule has 0 saturated carbocycles. The first-order chi connectivity index (χ1) is 10.8. The Kier molecular flexibility index (Phi) is 4.17. The van der Waals surface area contributed by atoms with Gasteiger partial charge in [-0.05, 0) is 25.2 Å². The lowest BCUT2D eigenvalue weighted by atomic mass is 10.2. The topological polar surface area (TPSA) is 68.1 Å². The molecule has 3 rings (SSSR count). The first-order valence-corrected chi connectivity index (χ1v) is 7.29. The van der Waals surface area contributed by atoms with Crippen LogP contribution in [-0.4, -0.2) is 48.1 Å². The Labute approximate surface area is 130 Å². The number of para-hydroxylation sites is 1. The van der Waals surface area contributed by atoms with Crippen molar-refractivity contribution in [3.63, 3.8) is 0 Å². The number of piperazine rings is 1. The molecule has 1 aliphatic rings. The maximum absolute atomic E-state index is 9.14. The number of aromatic nitrogens is 2. The van der Waals surface area contributed by atoms with Gasteiger partial charge in [0.2, 0.25) is 5.95 Å². The Morgan fingerprint density at radius 2 is 1.91 bits per heavy atom. The van der Waals surface area contributed by atoms with Gasteiger partial charge in [0.1, 0.15) is 11.9 Å². The van der Waals surface area contributed by atoms with Crippen LogP contribution in [-0.2, 0) is 0 Å². The van der Waals surface area contributed by atoms with E-state index in [0.717, 1.165) is 37.7 Å². The molecule has 1 aromatic heterocycles. The van der Waals surface area contributed by atoms with Crippen molar-refractivity contribution in [2.24, 2.45) is 0 Å². The first-order valence-electron chi connectivity index (χ1n) is 7.29. The van der Waals surface area contributed by atoms with Crippen LogP contribution in [0.1, 0.15) is 5.56 Å². The molecule has 1 N–H and O–H groups in total. The minimum Gasteiger partial charge on any atom is -0.354 e. The van der Waals surface area contributed by atoms with Gasteiger partial charge >= 0.3 is 0 Å². The number of benzene rings is 1. The average Bonchev–Trinajstić information content (AvgIpc) is 2.56. The molecule has 1 saturated heterocycles. The van der Waals surface area contributed by atoms with E-state index in [9.17, 15) is 0 Å². The molecule has 0 atom stereocenters. The summed E-state index contributed by atoms with van der Waals surface area (Å²) in [5, 5.41) is 12.3. The fourth-order valence-corrected chi connectivity index (χ4v) is 2.43. The summed E-state index contributed by atoms with van der Waals surface area (Å²) >= 11 is 0. The van der Waals surface area contributed by atoms with Gasteiger partial charge in [0.25, 0.3) is 0 Å². The summed E-state index contributed by atoms with van der Waals surface area (Å²) in [6.07, 6.45) is 1.75. The molecular weight excluding hydrogens is 276 g/mol. The average molecular weight is 294 g/mol. The monoisotopic (exact) mass is 294 g/mol. The van der Waals surface area contributed by atoms with Crippen molar-refractivity contribution in [3.8, 4) is 6.07 Å². The molecule has 2 aromatic rings. The van der Waals surface area contributed by atoms with Gasteiger partial charge in [-0.15, -0.1) is 0 Å². The van der Waals surface area contributed by atoms with Gasteiger partial charge in [0, 0.05) is 32.4 Å². The Morgan fingerprint density at radius 3 is 2.68 bits per heavy atom. The third kappa shape index (κ3) is 3.15. The van der Waals surface area contributed by atoms with E-state index in [2.05, 4.69) is 38.2 Å². The molecule has 1 fully saturated rings. The van der Waals surface area contributed by atoms with Crippen molar-refractivity contribution in [2.45, 2.75) is 0 Å². The van der Waals surface area contributed by atoms with E-state index in [4.69, 9.17) is 5.26 Å². The van der Waals surface area contributed by atoms with E-state index in [1.54, 1.807) is 12.3 Å². The second-order valence-electron chi connectivity index (χ2n) is 5.31. The summed E-state index contributed by atoms with van der Waals surface area (Å²) in [6, 6.07) is 11.4. The summed E-state index contributed by atoms with van der Waals surface area (Å²) in [5.41, 5.74) is 1.30. The highest BCUT2D eigenvalue weighted by molar-refractivity contribution is 5.63. The van der Waals surface area contributed by atoms with Gasteiger partial charge < -0.3 is 15.1 Å². The second kappa shape index (κ2) is 6.41. The van der Waals surface area contributed by atoms with E-state index in [1.165, 1.54) is 0 Å². The van der Waals surface area contributed by atoms with Crippen LogP contribution in [0.5, 0.6) is 0 Å². The molecule has 0 bridgehead atoms. The van der Waals surface area contributed by atoms with E-state index < -0.39 is 0 Å². The number of nitrogens with zero attached hydrogens (tertiary/aromatic N) is 5. The van der Waals surface area contributed by atoms with Gasteiger partial charge in [-0.3, -0.25) is 0 Å². The zero-order valence-corrected chi connectivity index (χ0v) is 12.5. The largest absolute Gasteiger partial charge is 0.354 e. The van der Waals surface area contributed by atoms with Crippen molar-refractivity contribution in [1.82, 2.24) is 14.9 Å². The van der Waals surface area contributed by atoms with Crippen LogP contribution in [0.2, 0.25) is 0 Å². The van der Waals surface area contributed by atoms with Crippen LogP contribution in [0.4, 0.5) is 17.5 Å². The Bertz CT molecular complexity index is 685. The molecule has 0 radical (unpaired) electrons. The summed E-state index contributed by atoms with van der Waals surface area (Å²) in [7, 11) is 2.13. The molecule has 2 heterocycles. The molecule has 0 amide bonds. The maximum atomic E-state index is 9.14. The summed E-state index contributed by atoms with van der Waals surface area (Å²) in [4.78, 5) is 13.4. The van der Waals surface area contributed by atoms with E-state index in [-0.39, 0.29) is 0 Å². The fourth-order valence-electron chi connectivity index (χ4n) is 2.43. The highest BCUT2D eigenvalue weighted by Crippen LogP contribution is 2.20. The molecule has 0 aliphatic carbocycles. The smallest absolute Gasteiger partial charge is 0.229 e. The van der Waals surface area contributed by atoms with Gasteiger partial charge in [-0.1, -0.05) is 12.1 Å². The van der Waals surface area contributed by atoms with Crippen molar-refractivity contribution < 1.29 is 0 Å². The number of hydrogen-bond donors (Lipinski definition) is 1. The number of likely N-dealkylation sites (N-methyl/N-ethyl adjacent to an activating group) is 1. The predicted molar refractivity (Wildman–Crippen MR) is 86.2 cm³/mol. The normalized spacial score (nSPS) is 15.4. The Balaban J connectivity index is 1.78. The predicted octanol–water partition coefficient (Wildman–Crippen LogP) is 1.84. The quantitative estimate of drug-likeness (QED) is 0.931. The van der Waals surface area contributed by atoms with Crippen molar-refractivity contribution in [3.05, 3.63) is 42.1 Å². The zero-order valence-electron chi connectivity index (χ0n) is 12.5. The van der Waals surface area contributed by atoms with Crippen LogP contribution < -0.4 is 10.2 Å². The third-order valence-electron chi connectivity index (χ3n) is 3.76. The SMILES string of the molecule is CN1CCN(c2ccnc(Nc3ccccc3C#N)n2)CC1. The van der Waals surface area contributed by atoms with Crippen LogP contribution >= 0.6 is 0 Å². The number of nitriles is 1. The highest BCUT2D eigenvalue weighted by atomic mass is 15.3. The Morgan fingerprint density at radius 1 is 1.14 bits per heavy atom. The zero-order chi connectivity index (χ0) is 15.4. The van der Waals surface area contributed by atoms with Crippen molar-refractivity contribution in [1.29, 1.82) is 5.26 Å². The lowest BCUT2D eigenvalue weighted by Gasteiger charge is -2.33. The maximum Gasteiger partial charge on any atom is 0.229 e. The van der Waals surface area contributed by atoms with Crippen LogP contribution in [0.15, 0.2) is 36.5 Å². The molecule has 6 heteroatoms. The minimum absolute atomic E-state index is 0.513. The van der Waals surface area contributed by atoms with Gasteiger partial charge in [-0.2, -0.15) is 10.2 Å². The van der Waals surface area contributed by atoms with Gasteiger partial charge in [0.15, 0.2) is 0 Å².